The predicted molar refractivity (Wildman–Crippen MR) is 116 cm³/mol. The minimum absolute atomic E-state index is 0.107. The van der Waals surface area contributed by atoms with Gasteiger partial charge in [0.05, 0.1) is 0 Å². The Morgan fingerprint density at radius 2 is 1.61 bits per heavy atom. The van der Waals surface area contributed by atoms with Crippen molar-refractivity contribution in [1.82, 2.24) is 9.55 Å². The molecule has 0 aliphatic rings. The summed E-state index contributed by atoms with van der Waals surface area (Å²) in [5, 5.41) is 3.14. The summed E-state index contributed by atoms with van der Waals surface area (Å²) in [6, 6.07) is 19.9. The van der Waals surface area contributed by atoms with E-state index < -0.39 is 15.6 Å². The van der Waals surface area contributed by atoms with Crippen molar-refractivity contribution in [1.29, 1.82) is 0 Å². The monoisotopic (exact) mass is 454 g/mol. The zero-order valence-electron chi connectivity index (χ0n) is 14.3. The molecular weight excluding hydrogens is 442 g/mol. The van der Waals surface area contributed by atoms with Gasteiger partial charge in [0.25, 0.3) is 0 Å². The molecule has 9 heteroatoms. The van der Waals surface area contributed by atoms with Crippen LogP contribution in [0.2, 0.25) is 0 Å². The van der Waals surface area contributed by atoms with Gasteiger partial charge in [-0.05, 0) is 18.2 Å². The van der Waals surface area contributed by atoms with Crippen LogP contribution in [0.15, 0.2) is 82.7 Å². The minimum Gasteiger partial charge on any atom is -0.340 e. The first kappa shape index (κ1) is 20.7. The normalized spacial score (nSPS) is 13.2. The van der Waals surface area contributed by atoms with Crippen LogP contribution >= 0.6 is 46.4 Å². The van der Waals surface area contributed by atoms with Crippen LogP contribution < -0.4 is 11.0 Å². The van der Waals surface area contributed by atoms with Gasteiger partial charge in [-0.15, -0.1) is 0 Å². The molecule has 0 amide bonds. The van der Waals surface area contributed by atoms with Crippen molar-refractivity contribution in [2.24, 2.45) is 4.99 Å². The van der Waals surface area contributed by atoms with E-state index in [4.69, 9.17) is 46.4 Å². The number of aromatic nitrogens is 2. The van der Waals surface area contributed by atoms with E-state index in [2.05, 4.69) is 15.3 Å². The van der Waals surface area contributed by atoms with Crippen molar-refractivity contribution in [2.45, 2.75) is 9.96 Å². The van der Waals surface area contributed by atoms with E-state index in [9.17, 15) is 4.79 Å². The van der Waals surface area contributed by atoms with Crippen LogP contribution in [-0.4, -0.2) is 18.5 Å². The molecule has 144 valence electrons. The summed E-state index contributed by atoms with van der Waals surface area (Å²) in [4.78, 5) is 20.8. The Balaban J connectivity index is 1.94. The first-order chi connectivity index (χ1) is 13.3. The fraction of sp³-hybridized carbons (Fsp3) is 0.105. The van der Waals surface area contributed by atoms with Crippen molar-refractivity contribution in [3.8, 4) is 0 Å². The van der Waals surface area contributed by atoms with Gasteiger partial charge in [-0.25, -0.2) is 9.79 Å². The van der Waals surface area contributed by atoms with Crippen LogP contribution in [-0.2, 0) is 0 Å². The van der Waals surface area contributed by atoms with Gasteiger partial charge in [-0.1, -0.05) is 94.9 Å². The predicted octanol–water partition coefficient (Wildman–Crippen LogP) is 5.54. The zero-order chi connectivity index (χ0) is 20.1. The number of aliphatic imine (C=N–C) groups is 1. The highest BCUT2D eigenvalue weighted by Crippen LogP contribution is 2.39. The summed E-state index contributed by atoms with van der Waals surface area (Å²) in [6.45, 7) is 0. The van der Waals surface area contributed by atoms with Crippen molar-refractivity contribution in [3.05, 3.63) is 89.0 Å². The zero-order valence-corrected chi connectivity index (χ0v) is 17.3. The van der Waals surface area contributed by atoms with Gasteiger partial charge < -0.3 is 5.32 Å². The maximum Gasteiger partial charge on any atom is 0.351 e. The van der Waals surface area contributed by atoms with E-state index in [0.717, 1.165) is 10.3 Å². The fourth-order valence-electron chi connectivity index (χ4n) is 2.39. The fourth-order valence-corrected chi connectivity index (χ4v) is 3.07. The van der Waals surface area contributed by atoms with Crippen LogP contribution in [0.1, 0.15) is 11.7 Å². The molecule has 0 bridgehead atoms. The molecule has 0 saturated carbocycles. The van der Waals surface area contributed by atoms with Crippen molar-refractivity contribution in [2.75, 3.05) is 5.32 Å². The lowest BCUT2D eigenvalue weighted by Gasteiger charge is -2.23. The first-order valence-corrected chi connectivity index (χ1v) is 9.62. The molecule has 1 atom stereocenters. The molecule has 0 unspecified atom stereocenters. The third-order valence-corrected chi connectivity index (χ3v) is 4.58. The highest BCUT2D eigenvalue weighted by Gasteiger charge is 2.35. The van der Waals surface area contributed by atoms with Crippen LogP contribution in [0.25, 0.3) is 0 Å². The molecule has 1 aromatic heterocycles. The summed E-state index contributed by atoms with van der Waals surface area (Å²) < 4.78 is -0.802. The van der Waals surface area contributed by atoms with E-state index in [1.54, 1.807) is 30.3 Å². The third-order valence-electron chi connectivity index (χ3n) is 3.68. The van der Waals surface area contributed by atoms with Crippen molar-refractivity contribution >= 4 is 63.1 Å². The molecular formula is C19H14Cl4N4O. The Labute approximate surface area is 181 Å². The summed E-state index contributed by atoms with van der Waals surface area (Å²) in [6.07, 6.45) is 0.252. The molecule has 0 aliphatic carbocycles. The molecule has 1 heterocycles. The molecule has 5 nitrogen and oxygen atoms in total. The lowest BCUT2D eigenvalue weighted by molar-refractivity contribution is 0.508. The second-order valence-electron chi connectivity index (χ2n) is 5.69. The number of nitrogens with one attached hydrogen (secondary N) is 1. The highest BCUT2D eigenvalue weighted by atomic mass is 35.6. The first-order valence-electron chi connectivity index (χ1n) is 8.11. The highest BCUT2D eigenvalue weighted by molar-refractivity contribution is 6.70. The maximum atomic E-state index is 12.6. The van der Waals surface area contributed by atoms with Crippen LogP contribution in [0.4, 0.5) is 11.5 Å². The lowest BCUT2D eigenvalue weighted by atomic mass is 10.2. The average Bonchev–Trinajstić information content (AvgIpc) is 2.67. The minimum atomic E-state index is -1.92. The van der Waals surface area contributed by atoms with E-state index in [-0.39, 0.29) is 5.17 Å². The Morgan fingerprint density at radius 1 is 1.00 bits per heavy atom. The Bertz CT molecular complexity index is 1020. The van der Waals surface area contributed by atoms with Crippen molar-refractivity contribution < 1.29 is 0 Å². The molecule has 1 N–H and O–H groups in total. The molecule has 0 radical (unpaired) electrons. The standard InChI is InChI=1S/C19H14Cl4N4O/c20-16(13-7-3-1-4-8-13)26-17(19(21,22)23)27-12-11-15(25-18(27)28)24-14-9-5-2-6-10-14/h1-12,17H,(H,24,25,28)/t17-/m1/s1. The summed E-state index contributed by atoms with van der Waals surface area (Å²) in [5.74, 6) is 0.355. The quantitative estimate of drug-likeness (QED) is 0.405. The second kappa shape index (κ2) is 8.97. The average molecular weight is 456 g/mol. The SMILES string of the molecule is O=c1nc(Nc2ccccc2)ccn1[C@@H](N=C(Cl)c1ccccc1)C(Cl)(Cl)Cl. The van der Waals surface area contributed by atoms with Crippen LogP contribution in [0.5, 0.6) is 0 Å². The topological polar surface area (TPSA) is 59.3 Å². The molecule has 3 rings (SSSR count). The summed E-state index contributed by atoms with van der Waals surface area (Å²) in [5.41, 5.74) is 0.778. The smallest absolute Gasteiger partial charge is 0.340 e. The number of anilines is 2. The van der Waals surface area contributed by atoms with Gasteiger partial charge in [-0.2, -0.15) is 4.98 Å². The van der Waals surface area contributed by atoms with Gasteiger partial charge in [0.2, 0.25) is 3.79 Å². The van der Waals surface area contributed by atoms with Gasteiger partial charge >= 0.3 is 5.69 Å². The van der Waals surface area contributed by atoms with Gasteiger partial charge in [0.15, 0.2) is 6.17 Å². The molecule has 0 aliphatic heterocycles. The Hall–Kier alpha value is -2.05. The molecule has 0 saturated heterocycles. The number of halogens is 4. The summed E-state index contributed by atoms with van der Waals surface area (Å²) >= 11 is 24.5. The number of nitrogens with zero attached hydrogens (tertiary/aromatic N) is 3. The third kappa shape index (κ3) is 5.26. The molecule has 3 aromatic rings. The van der Waals surface area contributed by atoms with E-state index in [0.29, 0.717) is 11.4 Å². The van der Waals surface area contributed by atoms with Crippen LogP contribution in [0.3, 0.4) is 0 Å². The van der Waals surface area contributed by atoms with Gasteiger partial charge in [-0.3, -0.25) is 4.57 Å². The Morgan fingerprint density at radius 3 is 2.18 bits per heavy atom. The second-order valence-corrected chi connectivity index (χ2v) is 8.42. The Kier molecular flexibility index (Phi) is 6.62. The van der Waals surface area contributed by atoms with Gasteiger partial charge in [0.1, 0.15) is 11.0 Å². The molecule has 0 fully saturated rings. The lowest BCUT2D eigenvalue weighted by Crippen LogP contribution is -2.33. The summed E-state index contributed by atoms with van der Waals surface area (Å²) in [7, 11) is 0. The number of hydrogen-bond acceptors (Lipinski definition) is 4. The largest absolute Gasteiger partial charge is 0.351 e. The molecule has 2 aromatic carbocycles. The van der Waals surface area contributed by atoms with Crippen LogP contribution in [0, 0.1) is 0 Å². The number of rotatable bonds is 5. The number of para-hydroxylation sites is 1. The van der Waals surface area contributed by atoms with Crippen molar-refractivity contribution in [3.63, 3.8) is 0 Å². The molecule has 0 spiro atoms. The van der Waals surface area contributed by atoms with E-state index in [1.165, 1.54) is 6.20 Å². The maximum absolute atomic E-state index is 12.6. The van der Waals surface area contributed by atoms with E-state index >= 15 is 0 Å². The number of hydrogen-bond donors (Lipinski definition) is 1. The van der Waals surface area contributed by atoms with E-state index in [1.807, 2.05) is 36.4 Å². The van der Waals surface area contributed by atoms with Gasteiger partial charge in [0, 0.05) is 17.4 Å². The molecule has 28 heavy (non-hydrogen) atoms. The number of alkyl halides is 3. The number of benzene rings is 2.